The van der Waals surface area contributed by atoms with Gasteiger partial charge in [0, 0.05) is 30.9 Å². The summed E-state index contributed by atoms with van der Waals surface area (Å²) in [6, 6.07) is 13.3. The van der Waals surface area contributed by atoms with E-state index in [1.54, 1.807) is 0 Å². The van der Waals surface area contributed by atoms with Gasteiger partial charge in [0.2, 0.25) is 5.91 Å². The zero-order chi connectivity index (χ0) is 19.0. The Kier molecular flexibility index (Phi) is 4.88. The third-order valence-corrected chi connectivity index (χ3v) is 6.37. The molecule has 0 N–H and O–H groups in total. The molecule has 1 amide bonds. The van der Waals surface area contributed by atoms with Gasteiger partial charge in [-0.2, -0.15) is 0 Å². The number of nitrogens with zero attached hydrogens (tertiary/aromatic N) is 2. The largest absolute Gasteiger partial charge is 0.348 e. The molecule has 1 aromatic heterocycles. The minimum absolute atomic E-state index is 0.0391. The van der Waals surface area contributed by atoms with Crippen molar-refractivity contribution >= 4 is 5.91 Å². The van der Waals surface area contributed by atoms with E-state index >= 15 is 0 Å². The van der Waals surface area contributed by atoms with Gasteiger partial charge in [0.25, 0.3) is 0 Å². The van der Waals surface area contributed by atoms with E-state index in [1.807, 2.05) is 0 Å². The lowest BCUT2D eigenvalue weighted by atomic mass is 9.85. The van der Waals surface area contributed by atoms with Crippen LogP contribution in [0.25, 0.3) is 0 Å². The number of amides is 1. The molecule has 0 radical (unpaired) electrons. The number of benzene rings is 1. The summed E-state index contributed by atoms with van der Waals surface area (Å²) in [6.07, 6.45) is 7.95. The third kappa shape index (κ3) is 3.56. The van der Waals surface area contributed by atoms with Crippen molar-refractivity contribution in [1.29, 1.82) is 0 Å². The highest BCUT2D eigenvalue weighted by molar-refractivity contribution is 5.80. The van der Waals surface area contributed by atoms with E-state index in [0.717, 1.165) is 25.9 Å². The number of rotatable bonds is 2. The van der Waals surface area contributed by atoms with Crippen molar-refractivity contribution in [3.63, 3.8) is 0 Å². The van der Waals surface area contributed by atoms with Crippen LogP contribution in [0.2, 0.25) is 0 Å². The van der Waals surface area contributed by atoms with Crippen molar-refractivity contribution in [2.24, 2.45) is 5.92 Å². The van der Waals surface area contributed by atoms with Gasteiger partial charge in [0.05, 0.1) is 6.04 Å². The van der Waals surface area contributed by atoms with Gasteiger partial charge in [0.1, 0.15) is 0 Å². The lowest BCUT2D eigenvalue weighted by molar-refractivity contribution is -0.139. The Morgan fingerprint density at radius 2 is 1.67 bits per heavy atom. The fourth-order valence-electron chi connectivity index (χ4n) is 4.72. The van der Waals surface area contributed by atoms with Gasteiger partial charge in [0.15, 0.2) is 0 Å². The molecule has 144 valence electrons. The summed E-state index contributed by atoms with van der Waals surface area (Å²) in [4.78, 5) is 15.6. The Balaban J connectivity index is 1.68. The predicted octanol–water partition coefficient (Wildman–Crippen LogP) is 5.30. The fourth-order valence-corrected chi connectivity index (χ4v) is 4.72. The van der Waals surface area contributed by atoms with Crippen LogP contribution in [-0.2, 0) is 16.8 Å². The standard InChI is InChI=1S/C24H32N2O/c1-24(2,3)20-13-11-18(12-14-20)22-21-10-7-15-25(21)16-17-26(22)23(27)19-8-5-4-6-9-19/h7,10-15,19,22H,4-6,8-9,16-17H2,1-3H3. The van der Waals surface area contributed by atoms with E-state index in [2.05, 4.69) is 72.8 Å². The minimum Gasteiger partial charge on any atom is -0.348 e. The number of hydrogen-bond acceptors (Lipinski definition) is 1. The van der Waals surface area contributed by atoms with E-state index in [1.165, 1.54) is 36.1 Å². The summed E-state index contributed by atoms with van der Waals surface area (Å²) >= 11 is 0. The summed E-state index contributed by atoms with van der Waals surface area (Å²) in [6.45, 7) is 8.44. The van der Waals surface area contributed by atoms with Crippen molar-refractivity contribution in [1.82, 2.24) is 9.47 Å². The van der Waals surface area contributed by atoms with Crippen LogP contribution in [0.1, 0.15) is 75.7 Å². The first-order valence-electron chi connectivity index (χ1n) is 10.5. The molecular weight excluding hydrogens is 332 g/mol. The van der Waals surface area contributed by atoms with E-state index < -0.39 is 0 Å². The summed E-state index contributed by atoms with van der Waals surface area (Å²) in [7, 11) is 0. The Bertz CT molecular complexity index is 791. The van der Waals surface area contributed by atoms with Crippen molar-refractivity contribution in [2.45, 2.75) is 70.9 Å². The molecule has 1 aliphatic carbocycles. The zero-order valence-corrected chi connectivity index (χ0v) is 16.9. The van der Waals surface area contributed by atoms with Crippen molar-refractivity contribution in [3.05, 3.63) is 59.4 Å². The Labute approximate surface area is 163 Å². The second-order valence-electron chi connectivity index (χ2n) is 9.27. The quantitative estimate of drug-likeness (QED) is 0.710. The number of aromatic nitrogens is 1. The van der Waals surface area contributed by atoms with E-state index in [9.17, 15) is 4.79 Å². The van der Waals surface area contributed by atoms with Gasteiger partial charge < -0.3 is 9.47 Å². The van der Waals surface area contributed by atoms with Gasteiger partial charge in [-0.15, -0.1) is 0 Å². The average Bonchev–Trinajstić information content (AvgIpc) is 3.15. The molecule has 27 heavy (non-hydrogen) atoms. The van der Waals surface area contributed by atoms with Crippen LogP contribution < -0.4 is 0 Å². The summed E-state index contributed by atoms with van der Waals surface area (Å²) in [5.74, 6) is 0.587. The minimum atomic E-state index is 0.0391. The third-order valence-electron chi connectivity index (χ3n) is 6.37. The highest BCUT2D eigenvalue weighted by Gasteiger charge is 2.35. The van der Waals surface area contributed by atoms with Crippen molar-refractivity contribution < 1.29 is 4.79 Å². The molecule has 0 spiro atoms. The molecule has 2 aliphatic rings. The lowest BCUT2D eigenvalue weighted by Crippen LogP contribution is -2.45. The summed E-state index contributed by atoms with van der Waals surface area (Å²) in [5, 5.41) is 0. The molecule has 1 aromatic carbocycles. The molecule has 1 saturated carbocycles. The van der Waals surface area contributed by atoms with Crippen LogP contribution in [0.15, 0.2) is 42.6 Å². The number of fused-ring (bicyclic) bond motifs is 1. The highest BCUT2D eigenvalue weighted by atomic mass is 16.2. The molecule has 1 unspecified atom stereocenters. The molecule has 1 atom stereocenters. The van der Waals surface area contributed by atoms with E-state index in [4.69, 9.17) is 0 Å². The Morgan fingerprint density at radius 1 is 0.963 bits per heavy atom. The molecule has 1 aliphatic heterocycles. The SMILES string of the molecule is CC(C)(C)c1ccc(C2c3cccn3CCN2C(=O)C2CCCCC2)cc1. The monoisotopic (exact) mass is 364 g/mol. The maximum atomic E-state index is 13.4. The first-order chi connectivity index (χ1) is 12.9. The smallest absolute Gasteiger partial charge is 0.226 e. The van der Waals surface area contributed by atoms with Gasteiger partial charge in [-0.05, 0) is 41.5 Å². The zero-order valence-electron chi connectivity index (χ0n) is 16.9. The summed E-state index contributed by atoms with van der Waals surface area (Å²) < 4.78 is 2.31. The first kappa shape index (κ1) is 18.3. The molecule has 0 bridgehead atoms. The Hall–Kier alpha value is -2.03. The molecule has 4 rings (SSSR count). The van der Waals surface area contributed by atoms with Gasteiger partial charge >= 0.3 is 0 Å². The van der Waals surface area contributed by atoms with Gasteiger partial charge in [-0.3, -0.25) is 4.79 Å². The number of carbonyl (C=O) groups excluding carboxylic acids is 1. The van der Waals surface area contributed by atoms with Crippen LogP contribution >= 0.6 is 0 Å². The molecule has 3 heteroatoms. The molecule has 3 nitrogen and oxygen atoms in total. The highest BCUT2D eigenvalue weighted by Crippen LogP contribution is 2.36. The number of carbonyl (C=O) groups is 1. The summed E-state index contributed by atoms with van der Waals surface area (Å²) in [5.41, 5.74) is 3.95. The first-order valence-corrected chi connectivity index (χ1v) is 10.5. The van der Waals surface area contributed by atoms with Crippen molar-refractivity contribution in [3.8, 4) is 0 Å². The maximum Gasteiger partial charge on any atom is 0.226 e. The topological polar surface area (TPSA) is 25.2 Å². The van der Waals surface area contributed by atoms with E-state index in [-0.39, 0.29) is 17.4 Å². The predicted molar refractivity (Wildman–Crippen MR) is 110 cm³/mol. The van der Waals surface area contributed by atoms with Crippen molar-refractivity contribution in [2.75, 3.05) is 6.54 Å². The van der Waals surface area contributed by atoms with Crippen LogP contribution in [0.3, 0.4) is 0 Å². The van der Waals surface area contributed by atoms with Crippen LogP contribution in [0, 0.1) is 5.92 Å². The fraction of sp³-hybridized carbons (Fsp3) is 0.542. The van der Waals surface area contributed by atoms with Crippen LogP contribution in [-0.4, -0.2) is 21.9 Å². The molecule has 1 fully saturated rings. The molecule has 2 heterocycles. The maximum absolute atomic E-state index is 13.4. The van der Waals surface area contributed by atoms with Gasteiger partial charge in [-0.25, -0.2) is 0 Å². The Morgan fingerprint density at radius 3 is 2.33 bits per heavy atom. The molecular formula is C24H32N2O. The number of hydrogen-bond donors (Lipinski definition) is 0. The molecule has 2 aromatic rings. The van der Waals surface area contributed by atoms with Crippen LogP contribution in [0.5, 0.6) is 0 Å². The van der Waals surface area contributed by atoms with Crippen LogP contribution in [0.4, 0.5) is 0 Å². The second kappa shape index (κ2) is 7.18. The van der Waals surface area contributed by atoms with E-state index in [0.29, 0.717) is 5.91 Å². The normalized spacial score (nSPS) is 21.1. The lowest BCUT2D eigenvalue weighted by Gasteiger charge is -2.40. The molecule has 0 saturated heterocycles. The second-order valence-corrected chi connectivity index (χ2v) is 9.27. The average molecular weight is 365 g/mol. The van der Waals surface area contributed by atoms with Gasteiger partial charge in [-0.1, -0.05) is 64.3 Å².